The third-order valence-electron chi connectivity index (χ3n) is 6.13. The predicted octanol–water partition coefficient (Wildman–Crippen LogP) is 2.00. The summed E-state index contributed by atoms with van der Waals surface area (Å²) in [7, 11) is 0. The van der Waals surface area contributed by atoms with Crippen LogP contribution in [0.15, 0.2) is 36.3 Å². The Morgan fingerprint density at radius 1 is 1.12 bits per heavy atom. The predicted molar refractivity (Wildman–Crippen MR) is 119 cm³/mol. The largest absolute Gasteiger partial charge is 0.488 e. The summed E-state index contributed by atoms with van der Waals surface area (Å²) in [6, 6.07) is -4.08. The Hall–Kier alpha value is -3.30. The first-order chi connectivity index (χ1) is 19.0. The SMILES string of the molecule is [2H]c1c([2H])c(COc2c([2H])c([2H])c([2H])c3c2CN(C2CCC(=O)NC2=O)C3=O)c(F)c(CN2CCOCC2)c1[2H]. The third kappa shape index (κ3) is 4.41. The number of morpholine rings is 1. The molecule has 1 atom stereocenters. The van der Waals surface area contributed by atoms with Gasteiger partial charge in [-0.2, -0.15) is 0 Å². The topological polar surface area (TPSA) is 88.2 Å². The van der Waals surface area contributed by atoms with Gasteiger partial charge in [0.25, 0.3) is 5.91 Å². The maximum atomic E-state index is 15.7. The van der Waals surface area contributed by atoms with Crippen molar-refractivity contribution in [3.63, 3.8) is 0 Å². The van der Waals surface area contributed by atoms with Gasteiger partial charge in [0.1, 0.15) is 24.2 Å². The van der Waals surface area contributed by atoms with E-state index in [1.807, 2.05) is 4.90 Å². The highest BCUT2D eigenvalue weighted by atomic mass is 19.1. The van der Waals surface area contributed by atoms with E-state index in [1.54, 1.807) is 0 Å². The summed E-state index contributed by atoms with van der Waals surface area (Å²) in [5.74, 6) is -3.01. The summed E-state index contributed by atoms with van der Waals surface area (Å²) in [5, 5.41) is 2.18. The number of amides is 3. The van der Waals surface area contributed by atoms with Crippen LogP contribution >= 0.6 is 0 Å². The molecular formula is C25H26FN3O5. The molecule has 0 spiro atoms. The molecule has 3 amide bonds. The molecule has 9 heteroatoms. The summed E-state index contributed by atoms with van der Waals surface area (Å²) >= 11 is 0. The molecule has 1 N–H and O–H groups in total. The Bertz CT molecular complexity index is 1440. The smallest absolute Gasteiger partial charge is 0.255 e. The quantitative estimate of drug-likeness (QED) is 0.646. The second-order valence-electron chi connectivity index (χ2n) is 8.28. The molecule has 0 saturated carbocycles. The van der Waals surface area contributed by atoms with Crippen LogP contribution in [0, 0.1) is 5.82 Å². The van der Waals surface area contributed by atoms with E-state index < -0.39 is 72.4 Å². The number of carbonyl (C=O) groups is 3. The van der Waals surface area contributed by atoms with E-state index in [-0.39, 0.29) is 53.9 Å². The number of piperidine rings is 1. The van der Waals surface area contributed by atoms with E-state index in [0.29, 0.717) is 26.3 Å². The summed E-state index contributed by atoms with van der Waals surface area (Å²) in [6.45, 7) is 1.09. The van der Waals surface area contributed by atoms with Crippen molar-refractivity contribution >= 4 is 17.7 Å². The van der Waals surface area contributed by atoms with Gasteiger partial charge in [-0.15, -0.1) is 0 Å². The lowest BCUT2D eigenvalue weighted by molar-refractivity contribution is -0.136. The highest BCUT2D eigenvalue weighted by molar-refractivity contribution is 6.05. The van der Waals surface area contributed by atoms with Crippen molar-refractivity contribution in [3.8, 4) is 5.75 Å². The number of carbonyl (C=O) groups excluding carboxylic acids is 3. The van der Waals surface area contributed by atoms with Crippen molar-refractivity contribution in [2.75, 3.05) is 26.3 Å². The van der Waals surface area contributed by atoms with Crippen LogP contribution in [-0.4, -0.2) is 59.9 Å². The molecule has 2 saturated heterocycles. The van der Waals surface area contributed by atoms with Gasteiger partial charge in [-0.3, -0.25) is 24.6 Å². The van der Waals surface area contributed by atoms with Crippen molar-refractivity contribution in [2.24, 2.45) is 0 Å². The first kappa shape index (κ1) is 16.3. The van der Waals surface area contributed by atoms with Gasteiger partial charge in [-0.05, 0) is 18.5 Å². The van der Waals surface area contributed by atoms with Crippen LogP contribution in [0.2, 0.25) is 0 Å². The van der Waals surface area contributed by atoms with Crippen molar-refractivity contribution < 1.29 is 36.5 Å². The molecule has 0 aliphatic carbocycles. The number of nitrogens with one attached hydrogen (secondary N) is 1. The standard InChI is InChI=1S/C25H26FN3O5/c26-23-16(13-28-9-11-33-12-10-28)3-1-4-17(23)15-34-21-6-2-5-18-19(21)14-29(25(18)32)20-7-8-22(30)27-24(20)31/h1-6,20H,7-15H2,(H,27,30,31)/i1D,2D,3D,4D,5D,6D. The molecule has 34 heavy (non-hydrogen) atoms. The van der Waals surface area contributed by atoms with Crippen LogP contribution in [0.3, 0.4) is 0 Å². The first-order valence-electron chi connectivity index (χ1n) is 14.0. The van der Waals surface area contributed by atoms with Gasteiger partial charge in [0, 0.05) is 48.3 Å². The van der Waals surface area contributed by atoms with Gasteiger partial charge in [-0.1, -0.05) is 24.2 Å². The first-order valence-corrected chi connectivity index (χ1v) is 11.0. The number of fused-ring (bicyclic) bond motifs is 1. The molecule has 2 fully saturated rings. The minimum Gasteiger partial charge on any atom is -0.488 e. The Morgan fingerprint density at radius 3 is 2.68 bits per heavy atom. The fourth-order valence-electron chi connectivity index (χ4n) is 4.30. The second kappa shape index (κ2) is 9.52. The van der Waals surface area contributed by atoms with Crippen molar-refractivity contribution in [1.82, 2.24) is 15.1 Å². The van der Waals surface area contributed by atoms with Crippen LogP contribution in [0.5, 0.6) is 5.75 Å². The van der Waals surface area contributed by atoms with Crippen LogP contribution in [0.4, 0.5) is 4.39 Å². The third-order valence-corrected chi connectivity index (χ3v) is 6.13. The van der Waals surface area contributed by atoms with Gasteiger partial charge >= 0.3 is 0 Å². The molecule has 2 aromatic rings. The molecule has 0 bridgehead atoms. The molecule has 0 aromatic heterocycles. The van der Waals surface area contributed by atoms with Gasteiger partial charge in [0.2, 0.25) is 11.8 Å². The second-order valence-corrected chi connectivity index (χ2v) is 8.28. The zero-order valence-electron chi connectivity index (χ0n) is 24.3. The number of halogens is 1. The number of nitrogens with zero attached hydrogens (tertiary/aromatic N) is 2. The highest BCUT2D eigenvalue weighted by Crippen LogP contribution is 2.34. The Labute approximate surface area is 205 Å². The number of imide groups is 1. The zero-order valence-corrected chi connectivity index (χ0v) is 18.3. The summed E-state index contributed by atoms with van der Waals surface area (Å²) in [4.78, 5) is 40.3. The van der Waals surface area contributed by atoms with E-state index >= 15 is 4.39 Å². The van der Waals surface area contributed by atoms with E-state index in [4.69, 9.17) is 17.7 Å². The van der Waals surface area contributed by atoms with Gasteiger partial charge in [0.05, 0.1) is 28.0 Å². The molecule has 5 rings (SSSR count). The molecule has 3 aliphatic heterocycles. The lowest BCUT2D eigenvalue weighted by Gasteiger charge is -2.29. The lowest BCUT2D eigenvalue weighted by Crippen LogP contribution is -2.52. The van der Waals surface area contributed by atoms with E-state index in [0.717, 1.165) is 4.90 Å². The molecule has 1 unspecified atom stereocenters. The van der Waals surface area contributed by atoms with Crippen LogP contribution in [0.25, 0.3) is 0 Å². The van der Waals surface area contributed by atoms with Crippen molar-refractivity contribution in [2.45, 2.75) is 38.6 Å². The Kier molecular flexibility index (Phi) is 4.58. The Morgan fingerprint density at radius 2 is 1.88 bits per heavy atom. The van der Waals surface area contributed by atoms with Gasteiger partial charge < -0.3 is 14.4 Å². The van der Waals surface area contributed by atoms with Crippen molar-refractivity contribution in [1.29, 1.82) is 0 Å². The number of rotatable bonds is 6. The fraction of sp³-hybridized carbons (Fsp3) is 0.400. The monoisotopic (exact) mass is 473 g/mol. The summed E-state index contributed by atoms with van der Waals surface area (Å²) < 4.78 is 76.3. The molecule has 2 aromatic carbocycles. The fourth-order valence-corrected chi connectivity index (χ4v) is 4.30. The number of ether oxygens (including phenoxy) is 2. The van der Waals surface area contributed by atoms with Crippen LogP contribution in [-0.2, 0) is 34.0 Å². The average molecular weight is 474 g/mol. The van der Waals surface area contributed by atoms with Gasteiger partial charge in [0.15, 0.2) is 0 Å². The normalized spacial score (nSPS) is 23.4. The number of benzene rings is 2. The van der Waals surface area contributed by atoms with Crippen LogP contribution < -0.4 is 10.1 Å². The molecule has 8 nitrogen and oxygen atoms in total. The van der Waals surface area contributed by atoms with E-state index in [9.17, 15) is 14.4 Å². The van der Waals surface area contributed by atoms with Crippen LogP contribution in [0.1, 0.15) is 48.1 Å². The van der Waals surface area contributed by atoms with Gasteiger partial charge in [-0.25, -0.2) is 4.39 Å². The lowest BCUT2D eigenvalue weighted by atomic mass is 10.0. The minimum atomic E-state index is -0.997. The maximum absolute atomic E-state index is 15.7. The number of hydrogen-bond donors (Lipinski definition) is 1. The maximum Gasteiger partial charge on any atom is 0.255 e. The summed E-state index contributed by atoms with van der Waals surface area (Å²) in [6.07, 6.45) is 0.0846. The molecule has 3 heterocycles. The molecule has 0 radical (unpaired) electrons. The minimum absolute atomic E-state index is 0.0147. The van der Waals surface area contributed by atoms with E-state index in [2.05, 4.69) is 5.32 Å². The molecule has 3 aliphatic rings. The average Bonchev–Trinajstić information content (AvgIpc) is 3.27. The van der Waals surface area contributed by atoms with Crippen molar-refractivity contribution in [3.05, 3.63) is 64.3 Å². The molecular weight excluding hydrogens is 441 g/mol. The Balaban J connectivity index is 1.47. The zero-order chi connectivity index (χ0) is 28.9. The summed E-state index contributed by atoms with van der Waals surface area (Å²) in [5.41, 5.74) is -0.530. The highest BCUT2D eigenvalue weighted by Gasteiger charge is 2.40. The number of hydrogen-bond acceptors (Lipinski definition) is 6. The molecule has 178 valence electrons. The van der Waals surface area contributed by atoms with E-state index in [1.165, 1.54) is 0 Å².